The molecular formula is C17H19N6O8P. The number of fused-ring (bicyclic) bond motifs is 1. The largest absolute Gasteiger partial charge is 0.478 e. The van der Waals surface area contributed by atoms with E-state index in [4.69, 9.17) is 15.0 Å². The lowest BCUT2D eigenvalue weighted by Gasteiger charge is -2.19. The lowest BCUT2D eigenvalue weighted by molar-refractivity contribution is -0.0483. The summed E-state index contributed by atoms with van der Waals surface area (Å²) in [6.07, 6.45) is -2.71. The lowest BCUT2D eigenvalue weighted by Crippen LogP contribution is -2.33. The van der Waals surface area contributed by atoms with Gasteiger partial charge in [0.2, 0.25) is 0 Å². The van der Waals surface area contributed by atoms with Crippen molar-refractivity contribution >= 4 is 36.4 Å². The number of aromatic nitrogens is 4. The fourth-order valence-corrected chi connectivity index (χ4v) is 4.19. The summed E-state index contributed by atoms with van der Waals surface area (Å²) >= 11 is 0. The van der Waals surface area contributed by atoms with E-state index in [2.05, 4.69) is 20.0 Å². The van der Waals surface area contributed by atoms with Crippen LogP contribution in [0.3, 0.4) is 0 Å². The predicted octanol–water partition coefficient (Wildman–Crippen LogP) is -0.0450. The maximum atomic E-state index is 12.4. The maximum absolute atomic E-state index is 12.4. The number of carbonyl (C=O) groups is 1. The van der Waals surface area contributed by atoms with Gasteiger partial charge in [-0.15, -0.1) is 0 Å². The number of nitrogens with one attached hydrogen (secondary N) is 1. The number of para-hydroxylation sites is 1. The molecule has 15 heteroatoms. The molecule has 1 aliphatic rings. The summed E-state index contributed by atoms with van der Waals surface area (Å²) in [5, 5.41) is 32.1. The second-order valence-corrected chi connectivity index (χ2v) is 8.43. The first-order valence-corrected chi connectivity index (χ1v) is 10.8. The number of nitrogen functional groups attached to an aromatic ring is 1. The Kier molecular flexibility index (Phi) is 5.81. The number of nitrogens with two attached hydrogens (primary N) is 1. The highest BCUT2D eigenvalue weighted by atomic mass is 31.2. The van der Waals surface area contributed by atoms with Crippen LogP contribution in [0, 0.1) is 0 Å². The van der Waals surface area contributed by atoms with Crippen molar-refractivity contribution in [2.45, 2.75) is 24.5 Å². The standard InChI is InChI=1S/C17H19N6O8P/c18-14-11-15(20-6-19-14)23(7-21-11)16-13(25)12(24)10(31-16)5-30-32(28,29)22-9-4-2-1-3-8(9)17(26)27/h1-4,6-7,10,12-13,16,24-25H,5H2,(H,26,27)(H2,18,19,20)(H2,22,28,29)/t10-,12-,13-,16-/m1/s1. The molecule has 0 bridgehead atoms. The normalized spacial score (nSPS) is 25.0. The average molecular weight is 466 g/mol. The van der Waals surface area contributed by atoms with Crippen LogP contribution in [-0.2, 0) is 13.8 Å². The summed E-state index contributed by atoms with van der Waals surface area (Å²) in [7, 11) is -4.55. The Morgan fingerprint density at radius 3 is 2.75 bits per heavy atom. The Labute approximate surface area is 179 Å². The number of aliphatic hydroxyl groups excluding tert-OH is 2. The number of ether oxygens (including phenoxy) is 1. The Balaban J connectivity index is 1.46. The molecule has 0 saturated carbocycles. The molecular weight excluding hydrogens is 447 g/mol. The summed E-state index contributed by atoms with van der Waals surface area (Å²) in [5.41, 5.74) is 5.92. The quantitative estimate of drug-likeness (QED) is 0.252. The number of nitrogens with zero attached hydrogens (tertiary/aromatic N) is 4. The van der Waals surface area contributed by atoms with Crippen LogP contribution < -0.4 is 10.8 Å². The van der Waals surface area contributed by atoms with Crippen molar-refractivity contribution in [1.82, 2.24) is 19.5 Å². The van der Waals surface area contributed by atoms with Gasteiger partial charge in [0.25, 0.3) is 0 Å². The summed E-state index contributed by atoms with van der Waals surface area (Å²) in [5.74, 6) is -1.18. The molecule has 3 aromatic rings. The van der Waals surface area contributed by atoms with Crippen molar-refractivity contribution in [2.24, 2.45) is 0 Å². The smallest absolute Gasteiger partial charge is 0.430 e. The zero-order valence-electron chi connectivity index (χ0n) is 16.2. The molecule has 2 aromatic heterocycles. The first kappa shape index (κ1) is 22.1. The molecule has 4 rings (SSSR count). The van der Waals surface area contributed by atoms with E-state index in [0.29, 0.717) is 0 Å². The number of aromatic carboxylic acids is 1. The van der Waals surface area contributed by atoms with Crippen LogP contribution in [0.4, 0.5) is 11.5 Å². The van der Waals surface area contributed by atoms with Crippen molar-refractivity contribution in [3.63, 3.8) is 0 Å². The van der Waals surface area contributed by atoms with E-state index in [1.807, 2.05) is 0 Å². The van der Waals surface area contributed by atoms with Gasteiger partial charge < -0.3 is 30.7 Å². The van der Waals surface area contributed by atoms with Crippen LogP contribution in [-0.4, -0.2) is 70.6 Å². The lowest BCUT2D eigenvalue weighted by atomic mass is 10.1. The monoisotopic (exact) mass is 466 g/mol. The summed E-state index contributed by atoms with van der Waals surface area (Å²) in [6, 6.07) is 5.49. The highest BCUT2D eigenvalue weighted by Gasteiger charge is 2.45. The van der Waals surface area contributed by atoms with Gasteiger partial charge in [0, 0.05) is 0 Å². The number of carboxylic acid groups (broad SMARTS) is 1. The number of carboxylic acids is 1. The molecule has 0 spiro atoms. The molecule has 0 aliphatic carbocycles. The SMILES string of the molecule is Nc1ncnc2c1ncn2[C@@H]1O[C@H](COP(=O)(O)Nc2ccccc2C(=O)O)[C@@H](O)[C@H]1O. The van der Waals surface area contributed by atoms with Gasteiger partial charge in [-0.1, -0.05) is 12.1 Å². The minimum atomic E-state index is -4.55. The predicted molar refractivity (Wildman–Crippen MR) is 108 cm³/mol. The Bertz CT molecular complexity index is 1200. The van der Waals surface area contributed by atoms with Crippen molar-refractivity contribution in [2.75, 3.05) is 17.4 Å². The van der Waals surface area contributed by atoms with Gasteiger partial charge in [-0.2, -0.15) is 0 Å². The van der Waals surface area contributed by atoms with Crippen LogP contribution >= 0.6 is 7.75 Å². The topological polar surface area (TPSA) is 215 Å². The Hall–Kier alpha value is -3.13. The molecule has 0 radical (unpaired) electrons. The maximum Gasteiger partial charge on any atom is 0.430 e. The molecule has 14 nitrogen and oxygen atoms in total. The van der Waals surface area contributed by atoms with Crippen molar-refractivity contribution in [3.8, 4) is 0 Å². The molecule has 1 aliphatic heterocycles. The minimum Gasteiger partial charge on any atom is -0.478 e. The van der Waals surface area contributed by atoms with Crippen LogP contribution in [0.2, 0.25) is 0 Å². The second kappa shape index (κ2) is 8.43. The van der Waals surface area contributed by atoms with E-state index in [0.717, 1.165) is 0 Å². The van der Waals surface area contributed by atoms with E-state index in [1.54, 1.807) is 0 Å². The van der Waals surface area contributed by atoms with Crippen LogP contribution in [0.25, 0.3) is 11.2 Å². The van der Waals surface area contributed by atoms with Gasteiger partial charge >= 0.3 is 13.7 Å². The molecule has 1 saturated heterocycles. The van der Waals surface area contributed by atoms with Gasteiger partial charge in [-0.3, -0.25) is 14.2 Å². The molecule has 170 valence electrons. The third kappa shape index (κ3) is 4.14. The van der Waals surface area contributed by atoms with Gasteiger partial charge in [0.05, 0.1) is 24.2 Å². The van der Waals surface area contributed by atoms with Crippen molar-refractivity contribution in [1.29, 1.82) is 0 Å². The zero-order valence-corrected chi connectivity index (χ0v) is 17.1. The van der Waals surface area contributed by atoms with Gasteiger partial charge in [-0.25, -0.2) is 24.3 Å². The van der Waals surface area contributed by atoms with Gasteiger partial charge in [-0.05, 0) is 12.1 Å². The molecule has 32 heavy (non-hydrogen) atoms. The van der Waals surface area contributed by atoms with Gasteiger partial charge in [0.15, 0.2) is 17.7 Å². The molecule has 1 unspecified atom stereocenters. The molecule has 0 amide bonds. The first-order valence-electron chi connectivity index (χ1n) is 9.20. The number of hydrogen-bond donors (Lipinski definition) is 6. The van der Waals surface area contributed by atoms with E-state index < -0.39 is 44.9 Å². The fourth-order valence-electron chi connectivity index (χ4n) is 3.28. The number of imidazole rings is 1. The Morgan fingerprint density at radius 1 is 1.25 bits per heavy atom. The molecule has 5 atom stereocenters. The summed E-state index contributed by atoms with van der Waals surface area (Å²) in [4.78, 5) is 33.3. The molecule has 1 fully saturated rings. The molecule has 7 N–H and O–H groups in total. The van der Waals surface area contributed by atoms with Crippen LogP contribution in [0.1, 0.15) is 16.6 Å². The number of hydrogen-bond acceptors (Lipinski definition) is 10. The van der Waals surface area contributed by atoms with Crippen LogP contribution in [0.5, 0.6) is 0 Å². The highest BCUT2D eigenvalue weighted by Crippen LogP contribution is 2.44. The number of anilines is 2. The van der Waals surface area contributed by atoms with Crippen molar-refractivity contribution in [3.05, 3.63) is 42.5 Å². The van der Waals surface area contributed by atoms with Gasteiger partial charge in [0.1, 0.15) is 30.2 Å². The summed E-state index contributed by atoms with van der Waals surface area (Å²) < 4.78 is 24.4. The average Bonchev–Trinajstić information content (AvgIpc) is 3.29. The van der Waals surface area contributed by atoms with E-state index >= 15 is 0 Å². The first-order chi connectivity index (χ1) is 15.2. The van der Waals surface area contributed by atoms with E-state index in [1.165, 1.54) is 41.5 Å². The number of benzene rings is 1. The molecule has 3 heterocycles. The number of aliphatic hydroxyl groups is 2. The third-order valence-electron chi connectivity index (χ3n) is 4.83. The molecule has 1 aromatic carbocycles. The fraction of sp³-hybridized carbons (Fsp3) is 0.294. The van der Waals surface area contributed by atoms with Crippen LogP contribution in [0.15, 0.2) is 36.9 Å². The Morgan fingerprint density at radius 2 is 2.00 bits per heavy atom. The van der Waals surface area contributed by atoms with E-state index in [9.17, 15) is 29.6 Å². The third-order valence-corrected chi connectivity index (χ3v) is 5.85. The van der Waals surface area contributed by atoms with E-state index in [-0.39, 0.29) is 28.2 Å². The minimum absolute atomic E-state index is 0.121. The van der Waals surface area contributed by atoms with Crippen molar-refractivity contribution < 1.29 is 38.8 Å². The number of rotatable bonds is 7. The highest BCUT2D eigenvalue weighted by molar-refractivity contribution is 7.54. The zero-order chi connectivity index (χ0) is 23.0. The second-order valence-electron chi connectivity index (χ2n) is 6.91. The summed E-state index contributed by atoms with van der Waals surface area (Å²) in [6.45, 7) is -0.589.